The van der Waals surface area contributed by atoms with Crippen molar-refractivity contribution in [3.05, 3.63) is 70.0 Å². The fourth-order valence-electron chi connectivity index (χ4n) is 5.04. The summed E-state index contributed by atoms with van der Waals surface area (Å²) in [5.41, 5.74) is 14.2. The third-order valence-corrected chi connectivity index (χ3v) is 6.96. The maximum atomic E-state index is 13.5. The Kier molecular flexibility index (Phi) is 5.47. The Hall–Kier alpha value is -3.12. The van der Waals surface area contributed by atoms with Gasteiger partial charge in [0.2, 0.25) is 0 Å². The number of rotatable bonds is 3. The number of fused-ring (bicyclic) bond motifs is 1. The molecule has 1 amide bonds. The minimum absolute atomic E-state index is 0.123. The molecule has 3 heterocycles. The summed E-state index contributed by atoms with van der Waals surface area (Å²) in [6, 6.07) is 12.3. The predicted octanol–water partition coefficient (Wildman–Crippen LogP) is 3.94. The van der Waals surface area contributed by atoms with Crippen LogP contribution in [0.1, 0.15) is 57.2 Å². The predicted molar refractivity (Wildman–Crippen MR) is 128 cm³/mol. The highest BCUT2D eigenvalue weighted by Gasteiger charge is 2.26. The first-order valence-electron chi connectivity index (χ1n) is 11.5. The number of carbonyl (C=O) groups is 1. The molecule has 0 spiro atoms. The van der Waals surface area contributed by atoms with Crippen molar-refractivity contribution in [1.82, 2.24) is 20.2 Å². The first-order valence-corrected chi connectivity index (χ1v) is 11.5. The molecule has 0 atom stereocenters. The summed E-state index contributed by atoms with van der Waals surface area (Å²) in [5, 5.41) is 3.37. The Bertz CT molecular complexity index is 1120. The number of carbonyl (C=O) groups excluding carboxylic acids is 1. The molecule has 0 aliphatic carbocycles. The smallest absolute Gasteiger partial charge is 0.254 e. The number of benzene rings is 2. The standard InChI is InChI=1S/C26H31N5O/c1-16-13-17(2)22(14-21(16)25-29-23-7-10-28-15-24(23)30-25)26(32)31-11-8-19(9-12-31)18-3-5-20(27)6-4-18/h3-6,13-14,19,28H,7-12,15,27H2,1-2H3,(H,29,30). The van der Waals surface area contributed by atoms with Crippen molar-refractivity contribution in [2.24, 2.45) is 0 Å². The van der Waals surface area contributed by atoms with Crippen LogP contribution in [-0.4, -0.2) is 40.4 Å². The van der Waals surface area contributed by atoms with E-state index in [1.165, 1.54) is 11.3 Å². The van der Waals surface area contributed by atoms with E-state index in [9.17, 15) is 4.79 Å². The van der Waals surface area contributed by atoms with Gasteiger partial charge in [-0.25, -0.2) is 4.98 Å². The number of anilines is 1. The molecule has 2 aliphatic heterocycles. The molecule has 166 valence electrons. The van der Waals surface area contributed by atoms with E-state index in [1.54, 1.807) is 0 Å². The van der Waals surface area contributed by atoms with Crippen molar-refractivity contribution >= 4 is 11.6 Å². The summed E-state index contributed by atoms with van der Waals surface area (Å²) in [6.45, 7) is 7.44. The number of H-pyrrole nitrogens is 1. The van der Waals surface area contributed by atoms with Crippen LogP contribution in [-0.2, 0) is 13.0 Å². The SMILES string of the molecule is Cc1cc(C)c(-c2nc3c([nH]2)CCNC3)cc1C(=O)N1CCC(c2ccc(N)cc2)CC1. The van der Waals surface area contributed by atoms with Crippen LogP contribution in [0.3, 0.4) is 0 Å². The summed E-state index contributed by atoms with van der Waals surface area (Å²) in [5.74, 6) is 1.47. The average Bonchev–Trinajstić information content (AvgIpc) is 3.23. The Morgan fingerprint density at radius 3 is 2.56 bits per heavy atom. The highest BCUT2D eigenvalue weighted by atomic mass is 16.2. The molecule has 0 radical (unpaired) electrons. The van der Waals surface area contributed by atoms with Crippen molar-refractivity contribution in [2.45, 2.75) is 45.6 Å². The van der Waals surface area contributed by atoms with E-state index in [2.05, 4.69) is 35.4 Å². The van der Waals surface area contributed by atoms with Crippen LogP contribution in [0, 0.1) is 13.8 Å². The summed E-state index contributed by atoms with van der Waals surface area (Å²) >= 11 is 0. The fourth-order valence-corrected chi connectivity index (χ4v) is 5.04. The molecule has 1 saturated heterocycles. The number of hydrogen-bond donors (Lipinski definition) is 3. The van der Waals surface area contributed by atoms with E-state index in [0.717, 1.165) is 84.9 Å². The number of aromatic amines is 1. The van der Waals surface area contributed by atoms with E-state index in [-0.39, 0.29) is 5.91 Å². The first kappa shape index (κ1) is 20.8. The van der Waals surface area contributed by atoms with E-state index in [0.29, 0.717) is 5.92 Å². The highest BCUT2D eigenvalue weighted by Crippen LogP contribution is 2.31. The molecule has 3 aromatic rings. The van der Waals surface area contributed by atoms with Gasteiger partial charge < -0.3 is 20.9 Å². The summed E-state index contributed by atoms with van der Waals surface area (Å²) in [6.07, 6.45) is 2.92. The van der Waals surface area contributed by atoms with Gasteiger partial charge in [0.1, 0.15) is 5.82 Å². The quantitative estimate of drug-likeness (QED) is 0.551. The molecular weight excluding hydrogens is 398 g/mol. The number of hydrogen-bond acceptors (Lipinski definition) is 4. The number of likely N-dealkylation sites (tertiary alicyclic amines) is 1. The van der Waals surface area contributed by atoms with Crippen molar-refractivity contribution in [3.63, 3.8) is 0 Å². The molecule has 2 aromatic carbocycles. The number of amides is 1. The summed E-state index contributed by atoms with van der Waals surface area (Å²) < 4.78 is 0. The van der Waals surface area contributed by atoms with Crippen molar-refractivity contribution in [1.29, 1.82) is 0 Å². The Morgan fingerprint density at radius 2 is 1.84 bits per heavy atom. The zero-order valence-electron chi connectivity index (χ0n) is 18.9. The van der Waals surface area contributed by atoms with E-state index in [1.807, 2.05) is 30.0 Å². The van der Waals surface area contributed by atoms with Gasteiger partial charge in [0.15, 0.2) is 0 Å². The molecular formula is C26H31N5O. The zero-order valence-corrected chi connectivity index (χ0v) is 18.9. The van der Waals surface area contributed by atoms with E-state index < -0.39 is 0 Å². The molecule has 6 heteroatoms. The van der Waals surface area contributed by atoms with Gasteiger partial charge in [0.05, 0.1) is 5.69 Å². The third kappa shape index (κ3) is 3.91. The highest BCUT2D eigenvalue weighted by molar-refractivity contribution is 5.97. The molecule has 4 N–H and O–H groups in total. The number of nitrogens with zero attached hydrogens (tertiary/aromatic N) is 2. The number of aryl methyl sites for hydroxylation is 2. The molecule has 6 nitrogen and oxygen atoms in total. The molecule has 0 saturated carbocycles. The number of nitrogen functional groups attached to an aromatic ring is 1. The number of aromatic nitrogens is 2. The lowest BCUT2D eigenvalue weighted by molar-refractivity contribution is 0.0712. The third-order valence-electron chi connectivity index (χ3n) is 6.96. The summed E-state index contributed by atoms with van der Waals surface area (Å²) in [7, 11) is 0. The monoisotopic (exact) mass is 429 g/mol. The first-order chi connectivity index (χ1) is 15.5. The molecule has 2 aliphatic rings. The normalized spacial score (nSPS) is 16.8. The molecule has 0 unspecified atom stereocenters. The molecule has 1 aromatic heterocycles. The van der Waals surface area contributed by atoms with Gasteiger partial charge in [-0.1, -0.05) is 18.2 Å². The van der Waals surface area contributed by atoms with Crippen LogP contribution in [0.2, 0.25) is 0 Å². The molecule has 1 fully saturated rings. The van der Waals surface area contributed by atoms with E-state index >= 15 is 0 Å². The number of nitrogens with one attached hydrogen (secondary N) is 2. The van der Waals surface area contributed by atoms with Gasteiger partial charge in [0, 0.05) is 55.1 Å². The van der Waals surface area contributed by atoms with Crippen LogP contribution in [0.25, 0.3) is 11.4 Å². The van der Waals surface area contributed by atoms with Crippen molar-refractivity contribution < 1.29 is 4.79 Å². The molecule has 32 heavy (non-hydrogen) atoms. The zero-order chi connectivity index (χ0) is 22.2. The van der Waals surface area contributed by atoms with Crippen LogP contribution in [0.4, 0.5) is 5.69 Å². The lowest BCUT2D eigenvalue weighted by Gasteiger charge is -2.33. The minimum Gasteiger partial charge on any atom is -0.399 e. The maximum absolute atomic E-state index is 13.5. The van der Waals surface area contributed by atoms with Gasteiger partial charge in [-0.2, -0.15) is 0 Å². The van der Waals surface area contributed by atoms with Gasteiger partial charge in [-0.3, -0.25) is 4.79 Å². The Morgan fingerprint density at radius 1 is 1.09 bits per heavy atom. The lowest BCUT2D eigenvalue weighted by Crippen LogP contribution is -2.38. The van der Waals surface area contributed by atoms with Crippen LogP contribution in [0.5, 0.6) is 0 Å². The van der Waals surface area contributed by atoms with Gasteiger partial charge in [0.25, 0.3) is 5.91 Å². The number of nitrogens with two attached hydrogens (primary N) is 1. The van der Waals surface area contributed by atoms with Crippen molar-refractivity contribution in [3.8, 4) is 11.4 Å². The minimum atomic E-state index is 0.123. The Balaban J connectivity index is 1.35. The van der Waals surface area contributed by atoms with E-state index in [4.69, 9.17) is 10.7 Å². The van der Waals surface area contributed by atoms with Crippen LogP contribution in [0.15, 0.2) is 36.4 Å². The van der Waals surface area contributed by atoms with Gasteiger partial charge >= 0.3 is 0 Å². The largest absolute Gasteiger partial charge is 0.399 e. The number of piperidine rings is 1. The second-order valence-electron chi connectivity index (χ2n) is 9.15. The van der Waals surface area contributed by atoms with Crippen LogP contribution >= 0.6 is 0 Å². The maximum Gasteiger partial charge on any atom is 0.254 e. The lowest BCUT2D eigenvalue weighted by atomic mass is 9.89. The molecule has 0 bridgehead atoms. The average molecular weight is 430 g/mol. The topological polar surface area (TPSA) is 87.0 Å². The summed E-state index contributed by atoms with van der Waals surface area (Å²) in [4.78, 5) is 23.8. The second kappa shape index (κ2) is 8.43. The second-order valence-corrected chi connectivity index (χ2v) is 9.15. The molecule has 5 rings (SSSR count). The van der Waals surface area contributed by atoms with Crippen LogP contribution < -0.4 is 11.1 Å². The van der Waals surface area contributed by atoms with Crippen molar-refractivity contribution in [2.75, 3.05) is 25.4 Å². The van der Waals surface area contributed by atoms with Gasteiger partial charge in [-0.15, -0.1) is 0 Å². The fraction of sp³-hybridized carbons (Fsp3) is 0.385. The number of imidazole rings is 1. The van der Waals surface area contributed by atoms with Gasteiger partial charge in [-0.05, 0) is 67.5 Å². The Labute approximate surface area is 189 Å².